The Morgan fingerprint density at radius 3 is 2.21 bits per heavy atom. The zero-order valence-corrected chi connectivity index (χ0v) is 12.5. The molecule has 1 heterocycles. The molecule has 2 amide bonds. The van der Waals surface area contributed by atoms with Gasteiger partial charge in [0.2, 0.25) is 0 Å². The van der Waals surface area contributed by atoms with Gasteiger partial charge in [-0.15, -0.1) is 0 Å². The summed E-state index contributed by atoms with van der Waals surface area (Å²) in [5.41, 5.74) is 0.306. The number of hydrogen-bond acceptors (Lipinski definition) is 2. The number of aliphatic carboxylic acids is 1. The summed E-state index contributed by atoms with van der Waals surface area (Å²) in [6.45, 7) is 10.1. The second-order valence-corrected chi connectivity index (χ2v) is 6.36. The van der Waals surface area contributed by atoms with Crippen LogP contribution < -0.4 is 0 Å². The fourth-order valence-corrected chi connectivity index (χ4v) is 2.28. The molecule has 5 nitrogen and oxygen atoms in total. The average Bonchev–Trinajstić information content (AvgIpc) is 2.27. The highest BCUT2D eigenvalue weighted by Gasteiger charge is 2.30. The van der Waals surface area contributed by atoms with Gasteiger partial charge in [0.15, 0.2) is 0 Å². The Labute approximate surface area is 115 Å². The van der Waals surface area contributed by atoms with E-state index in [9.17, 15) is 9.59 Å². The second kappa shape index (κ2) is 6.26. The van der Waals surface area contributed by atoms with Gasteiger partial charge in [0.1, 0.15) is 0 Å². The molecule has 19 heavy (non-hydrogen) atoms. The van der Waals surface area contributed by atoms with Gasteiger partial charge in [0, 0.05) is 25.7 Å². The molecule has 1 aliphatic rings. The number of nitrogens with zero attached hydrogens (tertiary/aromatic N) is 2. The van der Waals surface area contributed by atoms with Crippen molar-refractivity contribution in [3.8, 4) is 0 Å². The lowest BCUT2D eigenvalue weighted by Gasteiger charge is -2.40. The summed E-state index contributed by atoms with van der Waals surface area (Å²) < 4.78 is 0. The van der Waals surface area contributed by atoms with E-state index in [2.05, 4.69) is 13.8 Å². The number of rotatable bonds is 4. The molecule has 110 valence electrons. The van der Waals surface area contributed by atoms with E-state index in [4.69, 9.17) is 5.11 Å². The van der Waals surface area contributed by atoms with Crippen molar-refractivity contribution >= 4 is 12.0 Å². The first-order valence-corrected chi connectivity index (χ1v) is 7.00. The standard InChI is InChI=1S/C14H26N2O3/c1-11(2)16(8-5-12(17)18)13(19)15-9-6-14(3,4)7-10-15/h11H,5-10H2,1-4H3,(H,17,18). The third kappa shape index (κ3) is 4.73. The van der Waals surface area contributed by atoms with Crippen LogP contribution >= 0.6 is 0 Å². The highest BCUT2D eigenvalue weighted by molar-refractivity contribution is 5.76. The van der Waals surface area contributed by atoms with Crippen LogP contribution in [-0.4, -0.2) is 52.6 Å². The van der Waals surface area contributed by atoms with Crippen LogP contribution in [-0.2, 0) is 4.79 Å². The van der Waals surface area contributed by atoms with Crippen molar-refractivity contribution in [3.05, 3.63) is 0 Å². The van der Waals surface area contributed by atoms with Crippen LogP contribution in [0, 0.1) is 5.41 Å². The first-order valence-electron chi connectivity index (χ1n) is 7.00. The van der Waals surface area contributed by atoms with Crippen molar-refractivity contribution < 1.29 is 14.7 Å². The van der Waals surface area contributed by atoms with E-state index >= 15 is 0 Å². The maximum atomic E-state index is 12.4. The molecule has 1 N–H and O–H groups in total. The van der Waals surface area contributed by atoms with Gasteiger partial charge in [-0.1, -0.05) is 13.8 Å². The zero-order valence-electron chi connectivity index (χ0n) is 12.5. The highest BCUT2D eigenvalue weighted by Crippen LogP contribution is 2.30. The van der Waals surface area contributed by atoms with Gasteiger partial charge < -0.3 is 14.9 Å². The molecule has 0 saturated carbocycles. The second-order valence-electron chi connectivity index (χ2n) is 6.36. The molecule has 0 atom stereocenters. The Morgan fingerprint density at radius 1 is 1.26 bits per heavy atom. The number of carboxylic acid groups (broad SMARTS) is 1. The molecule has 0 bridgehead atoms. The van der Waals surface area contributed by atoms with Gasteiger partial charge in [-0.05, 0) is 32.1 Å². The Morgan fingerprint density at radius 2 is 1.79 bits per heavy atom. The van der Waals surface area contributed by atoms with E-state index in [1.54, 1.807) is 4.90 Å². The van der Waals surface area contributed by atoms with Gasteiger partial charge in [-0.3, -0.25) is 4.79 Å². The van der Waals surface area contributed by atoms with E-state index in [0.717, 1.165) is 25.9 Å². The first-order chi connectivity index (χ1) is 8.73. The van der Waals surface area contributed by atoms with Crippen LogP contribution in [0.3, 0.4) is 0 Å². The summed E-state index contributed by atoms with van der Waals surface area (Å²) in [5.74, 6) is -0.863. The SMILES string of the molecule is CC(C)N(CCC(=O)O)C(=O)N1CCC(C)(C)CC1. The minimum absolute atomic E-state index is 0.00323. The molecule has 0 spiro atoms. The van der Waals surface area contributed by atoms with Crippen LogP contribution in [0.1, 0.15) is 47.0 Å². The Hall–Kier alpha value is -1.26. The lowest BCUT2D eigenvalue weighted by Crippen LogP contribution is -2.50. The fourth-order valence-electron chi connectivity index (χ4n) is 2.28. The quantitative estimate of drug-likeness (QED) is 0.853. The molecule has 1 rings (SSSR count). The smallest absolute Gasteiger partial charge is 0.320 e. The van der Waals surface area contributed by atoms with Gasteiger partial charge >= 0.3 is 12.0 Å². The van der Waals surface area contributed by atoms with Gasteiger partial charge in [0.25, 0.3) is 0 Å². The van der Waals surface area contributed by atoms with Crippen molar-refractivity contribution in [1.82, 2.24) is 9.80 Å². The van der Waals surface area contributed by atoms with Gasteiger partial charge in [-0.2, -0.15) is 0 Å². The molecule has 0 aromatic heterocycles. The average molecular weight is 270 g/mol. The normalized spacial score (nSPS) is 18.5. The van der Waals surface area contributed by atoms with Crippen molar-refractivity contribution in [1.29, 1.82) is 0 Å². The van der Waals surface area contributed by atoms with Crippen LogP contribution in [0.15, 0.2) is 0 Å². The first kappa shape index (κ1) is 15.8. The van der Waals surface area contributed by atoms with Crippen LogP contribution in [0.4, 0.5) is 4.79 Å². The fraction of sp³-hybridized carbons (Fsp3) is 0.857. The third-order valence-corrected chi connectivity index (χ3v) is 3.82. The maximum absolute atomic E-state index is 12.4. The summed E-state index contributed by atoms with van der Waals surface area (Å²) >= 11 is 0. The highest BCUT2D eigenvalue weighted by atomic mass is 16.4. The topological polar surface area (TPSA) is 60.9 Å². The summed E-state index contributed by atoms with van der Waals surface area (Å²) in [6.07, 6.45) is 2.01. The number of piperidine rings is 1. The summed E-state index contributed by atoms with van der Waals surface area (Å²) in [4.78, 5) is 26.6. The van der Waals surface area contributed by atoms with Gasteiger partial charge in [0.05, 0.1) is 6.42 Å². The van der Waals surface area contributed by atoms with Crippen LogP contribution in [0.5, 0.6) is 0 Å². The third-order valence-electron chi connectivity index (χ3n) is 3.82. The monoisotopic (exact) mass is 270 g/mol. The van der Waals surface area contributed by atoms with E-state index in [1.165, 1.54) is 0 Å². The summed E-state index contributed by atoms with van der Waals surface area (Å²) in [7, 11) is 0. The molecule has 1 aliphatic heterocycles. The van der Waals surface area contributed by atoms with E-state index < -0.39 is 5.97 Å². The minimum atomic E-state index is -0.863. The number of likely N-dealkylation sites (tertiary alicyclic amines) is 1. The number of carboxylic acids is 1. The number of hydrogen-bond donors (Lipinski definition) is 1. The predicted molar refractivity (Wildman–Crippen MR) is 74.1 cm³/mol. The summed E-state index contributed by atoms with van der Waals surface area (Å²) in [5, 5.41) is 8.75. The predicted octanol–water partition coefficient (Wildman–Crippen LogP) is 2.41. The molecule has 1 fully saturated rings. The molecule has 0 aromatic rings. The summed E-state index contributed by atoms with van der Waals surface area (Å²) in [6, 6.07) is 0.00790. The maximum Gasteiger partial charge on any atom is 0.320 e. The molecule has 0 unspecified atom stereocenters. The number of urea groups is 1. The van der Waals surface area contributed by atoms with Gasteiger partial charge in [-0.25, -0.2) is 4.79 Å². The van der Waals surface area contributed by atoms with Crippen molar-refractivity contribution in [2.45, 2.75) is 53.0 Å². The van der Waals surface area contributed by atoms with Crippen molar-refractivity contribution in [2.75, 3.05) is 19.6 Å². The molecule has 0 aromatic carbocycles. The minimum Gasteiger partial charge on any atom is -0.481 e. The molecule has 5 heteroatoms. The molecular weight excluding hydrogens is 244 g/mol. The molecule has 0 radical (unpaired) electrons. The Kier molecular flexibility index (Phi) is 5.20. The van der Waals surface area contributed by atoms with Crippen molar-refractivity contribution in [2.24, 2.45) is 5.41 Å². The number of carbonyl (C=O) groups is 2. The largest absolute Gasteiger partial charge is 0.481 e. The zero-order chi connectivity index (χ0) is 14.6. The Bertz CT molecular complexity index is 330. The van der Waals surface area contributed by atoms with Crippen molar-refractivity contribution in [3.63, 3.8) is 0 Å². The van der Waals surface area contributed by atoms with E-state index in [-0.39, 0.29) is 25.0 Å². The van der Waals surface area contributed by atoms with E-state index in [0.29, 0.717) is 5.41 Å². The number of amides is 2. The lowest BCUT2D eigenvalue weighted by atomic mass is 9.83. The van der Waals surface area contributed by atoms with Crippen LogP contribution in [0.2, 0.25) is 0 Å². The number of carbonyl (C=O) groups excluding carboxylic acids is 1. The molecule has 0 aliphatic carbocycles. The lowest BCUT2D eigenvalue weighted by molar-refractivity contribution is -0.137. The van der Waals surface area contributed by atoms with Crippen LogP contribution in [0.25, 0.3) is 0 Å². The molecular formula is C14H26N2O3. The Balaban J connectivity index is 2.59. The van der Waals surface area contributed by atoms with E-state index in [1.807, 2.05) is 18.7 Å². The molecule has 1 saturated heterocycles.